The van der Waals surface area contributed by atoms with Gasteiger partial charge in [0.15, 0.2) is 0 Å². The highest BCUT2D eigenvalue weighted by atomic mass is 32.1. The molecular formula is C8H12N2S. The molecule has 0 unspecified atom stereocenters. The lowest BCUT2D eigenvalue weighted by atomic mass is 9.96. The molecule has 3 heteroatoms. The first-order valence-electron chi connectivity index (χ1n) is 4.05. The van der Waals surface area contributed by atoms with Crippen LogP contribution in [0.4, 0.5) is 0 Å². The average Bonchev–Trinajstić information content (AvgIpc) is 2.58. The lowest BCUT2D eigenvalue weighted by Crippen LogP contribution is -2.26. The first-order valence-corrected chi connectivity index (χ1v) is 5.00. The van der Waals surface area contributed by atoms with Gasteiger partial charge in [0.05, 0.1) is 11.2 Å². The van der Waals surface area contributed by atoms with E-state index in [1.54, 1.807) is 11.3 Å². The molecule has 1 N–H and O–H groups in total. The van der Waals surface area contributed by atoms with E-state index in [9.17, 15) is 0 Å². The maximum Gasteiger partial charge on any atom is 0.0794 e. The van der Waals surface area contributed by atoms with Gasteiger partial charge in [0.2, 0.25) is 0 Å². The van der Waals surface area contributed by atoms with E-state index in [1.807, 2.05) is 5.51 Å². The van der Waals surface area contributed by atoms with Crippen molar-refractivity contribution in [1.82, 2.24) is 10.3 Å². The van der Waals surface area contributed by atoms with Crippen LogP contribution in [0.5, 0.6) is 0 Å². The summed E-state index contributed by atoms with van der Waals surface area (Å²) < 4.78 is 0. The molecule has 1 aliphatic rings. The molecule has 0 aromatic carbocycles. The summed E-state index contributed by atoms with van der Waals surface area (Å²) in [6.45, 7) is 2.31. The third-order valence-corrected chi connectivity index (χ3v) is 2.81. The molecule has 1 aliphatic heterocycles. The molecule has 0 spiro atoms. The second-order valence-electron chi connectivity index (χ2n) is 2.94. The van der Waals surface area contributed by atoms with Gasteiger partial charge in [0.25, 0.3) is 0 Å². The summed E-state index contributed by atoms with van der Waals surface area (Å²) in [6.07, 6.45) is 2.51. The molecule has 1 aromatic heterocycles. The van der Waals surface area contributed by atoms with E-state index >= 15 is 0 Å². The Morgan fingerprint density at radius 2 is 2.27 bits per heavy atom. The van der Waals surface area contributed by atoms with Crippen LogP contribution in [0.15, 0.2) is 10.9 Å². The summed E-state index contributed by atoms with van der Waals surface area (Å²) in [5, 5.41) is 5.53. The molecule has 2 rings (SSSR count). The molecular weight excluding hydrogens is 156 g/mol. The summed E-state index contributed by atoms with van der Waals surface area (Å²) in [5.41, 5.74) is 3.23. The largest absolute Gasteiger partial charge is 0.317 e. The van der Waals surface area contributed by atoms with Gasteiger partial charge in [-0.2, -0.15) is 0 Å². The van der Waals surface area contributed by atoms with Crippen LogP contribution in [0.3, 0.4) is 0 Å². The first kappa shape index (κ1) is 7.25. The van der Waals surface area contributed by atoms with Crippen LogP contribution in [0.2, 0.25) is 0 Å². The first-order chi connectivity index (χ1) is 5.47. The van der Waals surface area contributed by atoms with Crippen molar-refractivity contribution in [3.63, 3.8) is 0 Å². The normalized spacial score (nSPS) is 20.4. The zero-order valence-corrected chi connectivity index (χ0v) is 7.23. The van der Waals surface area contributed by atoms with Crippen LogP contribution in [-0.2, 0) is 0 Å². The molecule has 1 saturated heterocycles. The van der Waals surface area contributed by atoms with Gasteiger partial charge < -0.3 is 5.32 Å². The number of piperidine rings is 1. The van der Waals surface area contributed by atoms with Gasteiger partial charge >= 0.3 is 0 Å². The van der Waals surface area contributed by atoms with Gasteiger partial charge in [0, 0.05) is 11.3 Å². The van der Waals surface area contributed by atoms with E-state index in [2.05, 4.69) is 15.7 Å². The lowest BCUT2D eigenvalue weighted by molar-refractivity contribution is 0.454. The Bertz CT molecular complexity index is 202. The molecule has 0 saturated carbocycles. The third kappa shape index (κ3) is 1.60. The summed E-state index contributed by atoms with van der Waals surface area (Å²) >= 11 is 1.70. The molecule has 0 radical (unpaired) electrons. The number of aromatic nitrogens is 1. The fraction of sp³-hybridized carbons (Fsp3) is 0.625. The minimum absolute atomic E-state index is 0.725. The summed E-state index contributed by atoms with van der Waals surface area (Å²) in [7, 11) is 0. The van der Waals surface area contributed by atoms with E-state index in [4.69, 9.17) is 0 Å². The molecule has 0 aliphatic carbocycles. The Morgan fingerprint density at radius 3 is 2.91 bits per heavy atom. The molecule has 2 nitrogen and oxygen atoms in total. The Hall–Kier alpha value is -0.410. The minimum atomic E-state index is 0.725. The van der Waals surface area contributed by atoms with E-state index < -0.39 is 0 Å². The van der Waals surface area contributed by atoms with Crippen molar-refractivity contribution in [3.05, 3.63) is 16.6 Å². The molecule has 0 amide bonds. The number of nitrogens with one attached hydrogen (secondary N) is 1. The Kier molecular flexibility index (Phi) is 2.19. The predicted molar refractivity (Wildman–Crippen MR) is 47.0 cm³/mol. The van der Waals surface area contributed by atoms with Crippen LogP contribution < -0.4 is 5.32 Å². The molecule has 0 atom stereocenters. The smallest absolute Gasteiger partial charge is 0.0794 e. The molecule has 0 bridgehead atoms. The number of hydrogen-bond acceptors (Lipinski definition) is 3. The van der Waals surface area contributed by atoms with Crippen LogP contribution in [0.25, 0.3) is 0 Å². The predicted octanol–water partition coefficient (Wildman–Crippen LogP) is 1.61. The number of rotatable bonds is 1. The molecule has 1 fully saturated rings. The highest BCUT2D eigenvalue weighted by molar-refractivity contribution is 7.07. The Morgan fingerprint density at radius 1 is 1.45 bits per heavy atom. The van der Waals surface area contributed by atoms with Crippen LogP contribution in [-0.4, -0.2) is 18.1 Å². The SMILES string of the molecule is c1nc(C2CCNCC2)cs1. The highest BCUT2D eigenvalue weighted by Gasteiger charge is 2.15. The fourth-order valence-electron chi connectivity index (χ4n) is 1.54. The number of hydrogen-bond donors (Lipinski definition) is 1. The monoisotopic (exact) mass is 168 g/mol. The Balaban J connectivity index is 2.04. The van der Waals surface area contributed by atoms with Crippen molar-refractivity contribution >= 4 is 11.3 Å². The van der Waals surface area contributed by atoms with Crippen LogP contribution in [0, 0.1) is 0 Å². The van der Waals surface area contributed by atoms with Crippen molar-refractivity contribution < 1.29 is 0 Å². The fourth-order valence-corrected chi connectivity index (χ4v) is 2.18. The average molecular weight is 168 g/mol. The quantitative estimate of drug-likeness (QED) is 0.689. The van der Waals surface area contributed by atoms with Gasteiger partial charge in [-0.1, -0.05) is 0 Å². The van der Waals surface area contributed by atoms with Crippen molar-refractivity contribution in [2.75, 3.05) is 13.1 Å². The minimum Gasteiger partial charge on any atom is -0.317 e. The summed E-state index contributed by atoms with van der Waals surface area (Å²) in [4.78, 5) is 4.33. The van der Waals surface area contributed by atoms with E-state index in [0.29, 0.717) is 0 Å². The van der Waals surface area contributed by atoms with Gasteiger partial charge in [-0.25, -0.2) is 4.98 Å². The van der Waals surface area contributed by atoms with E-state index in [0.717, 1.165) is 19.0 Å². The van der Waals surface area contributed by atoms with Crippen molar-refractivity contribution in [2.45, 2.75) is 18.8 Å². The highest BCUT2D eigenvalue weighted by Crippen LogP contribution is 2.24. The van der Waals surface area contributed by atoms with Crippen molar-refractivity contribution in [1.29, 1.82) is 0 Å². The zero-order valence-electron chi connectivity index (χ0n) is 6.42. The van der Waals surface area contributed by atoms with Gasteiger partial charge in [0.1, 0.15) is 0 Å². The molecule has 1 aromatic rings. The van der Waals surface area contributed by atoms with Crippen molar-refractivity contribution in [3.8, 4) is 0 Å². The Labute approximate surface area is 70.7 Å². The van der Waals surface area contributed by atoms with Crippen LogP contribution >= 0.6 is 11.3 Å². The summed E-state index contributed by atoms with van der Waals surface area (Å²) in [5.74, 6) is 0.725. The van der Waals surface area contributed by atoms with Crippen molar-refractivity contribution in [2.24, 2.45) is 0 Å². The zero-order chi connectivity index (χ0) is 7.52. The molecule has 2 heterocycles. The number of nitrogens with zero attached hydrogens (tertiary/aromatic N) is 1. The molecule has 60 valence electrons. The lowest BCUT2D eigenvalue weighted by Gasteiger charge is -2.20. The van der Waals surface area contributed by atoms with Gasteiger partial charge in [-0.3, -0.25) is 0 Å². The maximum absolute atomic E-state index is 4.33. The number of thiazole rings is 1. The van der Waals surface area contributed by atoms with Crippen LogP contribution in [0.1, 0.15) is 24.5 Å². The second-order valence-corrected chi connectivity index (χ2v) is 3.66. The van der Waals surface area contributed by atoms with E-state index in [1.165, 1.54) is 18.5 Å². The topological polar surface area (TPSA) is 24.9 Å². The van der Waals surface area contributed by atoms with E-state index in [-0.39, 0.29) is 0 Å². The second kappa shape index (κ2) is 3.32. The third-order valence-electron chi connectivity index (χ3n) is 2.21. The van der Waals surface area contributed by atoms with Gasteiger partial charge in [-0.05, 0) is 25.9 Å². The van der Waals surface area contributed by atoms with Gasteiger partial charge in [-0.15, -0.1) is 11.3 Å². The maximum atomic E-state index is 4.33. The summed E-state index contributed by atoms with van der Waals surface area (Å²) in [6, 6.07) is 0. The molecule has 11 heavy (non-hydrogen) atoms. The standard InChI is InChI=1S/C8H12N2S/c1-3-9-4-2-7(1)8-5-11-6-10-8/h5-7,9H,1-4H2.